The molecule has 0 aliphatic heterocycles. The Morgan fingerprint density at radius 1 is 1.29 bits per heavy atom. The van der Waals surface area contributed by atoms with E-state index in [-0.39, 0.29) is 0 Å². The topological polar surface area (TPSA) is 21.1 Å². The predicted octanol–water partition coefficient (Wildman–Crippen LogP) is 3.15. The molecule has 0 bridgehead atoms. The third-order valence-corrected chi connectivity index (χ3v) is 3.53. The second-order valence-corrected chi connectivity index (χ2v) is 5.30. The van der Waals surface area contributed by atoms with E-state index in [0.29, 0.717) is 0 Å². The fraction of sp³-hybridized carbons (Fsp3) is 0.308. The zero-order chi connectivity index (χ0) is 12.4. The molecule has 0 aliphatic carbocycles. The zero-order valence-electron chi connectivity index (χ0n) is 10.3. The summed E-state index contributed by atoms with van der Waals surface area (Å²) >= 11 is 2.31. The molecule has 17 heavy (non-hydrogen) atoms. The molecule has 1 aromatic heterocycles. The molecule has 90 valence electrons. The number of anilines is 1. The number of aromatic nitrogens is 2. The fourth-order valence-electron chi connectivity index (χ4n) is 1.71. The standard InChI is InChI=1S/C13H16IN3/c1-4-16(2)13-15-12(9-17(13)3)10-5-7-11(14)8-6-10/h5-9H,4H2,1-3H3. The van der Waals surface area contributed by atoms with Gasteiger partial charge in [0.2, 0.25) is 5.95 Å². The van der Waals surface area contributed by atoms with Crippen molar-refractivity contribution in [3.05, 3.63) is 34.0 Å². The van der Waals surface area contributed by atoms with Crippen molar-refractivity contribution in [1.82, 2.24) is 9.55 Å². The third-order valence-electron chi connectivity index (χ3n) is 2.81. The van der Waals surface area contributed by atoms with Crippen LogP contribution < -0.4 is 4.90 Å². The van der Waals surface area contributed by atoms with E-state index in [1.807, 2.05) is 7.05 Å². The SMILES string of the molecule is CCN(C)c1nc(-c2ccc(I)cc2)cn1C. The maximum absolute atomic E-state index is 4.67. The van der Waals surface area contributed by atoms with Crippen LogP contribution in [-0.2, 0) is 7.05 Å². The van der Waals surface area contributed by atoms with E-state index in [1.54, 1.807) is 0 Å². The number of hydrogen-bond donors (Lipinski definition) is 0. The summed E-state index contributed by atoms with van der Waals surface area (Å²) < 4.78 is 3.31. The molecule has 0 saturated carbocycles. The van der Waals surface area contributed by atoms with Crippen molar-refractivity contribution in [3.8, 4) is 11.3 Å². The number of nitrogens with zero attached hydrogens (tertiary/aromatic N) is 3. The van der Waals surface area contributed by atoms with Gasteiger partial charge < -0.3 is 9.47 Å². The first-order valence-electron chi connectivity index (χ1n) is 5.62. The van der Waals surface area contributed by atoms with Crippen LogP contribution in [0.3, 0.4) is 0 Å². The number of rotatable bonds is 3. The first kappa shape index (κ1) is 12.4. The molecular formula is C13H16IN3. The Hall–Kier alpha value is -1.04. The minimum Gasteiger partial charge on any atom is -0.346 e. The zero-order valence-corrected chi connectivity index (χ0v) is 12.5. The van der Waals surface area contributed by atoms with Crippen molar-refractivity contribution in [2.75, 3.05) is 18.5 Å². The van der Waals surface area contributed by atoms with Gasteiger partial charge in [-0.3, -0.25) is 0 Å². The molecule has 2 rings (SSSR count). The van der Waals surface area contributed by atoms with E-state index < -0.39 is 0 Å². The largest absolute Gasteiger partial charge is 0.346 e. The molecule has 1 aromatic carbocycles. The maximum atomic E-state index is 4.67. The highest BCUT2D eigenvalue weighted by atomic mass is 127. The average Bonchev–Trinajstić information content (AvgIpc) is 2.71. The molecule has 0 saturated heterocycles. The number of imidazole rings is 1. The van der Waals surface area contributed by atoms with E-state index in [0.717, 1.165) is 23.8 Å². The highest BCUT2D eigenvalue weighted by molar-refractivity contribution is 14.1. The molecule has 0 spiro atoms. The lowest BCUT2D eigenvalue weighted by Crippen LogP contribution is -2.19. The molecule has 0 fully saturated rings. The fourth-order valence-corrected chi connectivity index (χ4v) is 2.07. The molecule has 0 aliphatic rings. The van der Waals surface area contributed by atoms with Crippen LogP contribution in [0.15, 0.2) is 30.5 Å². The molecule has 0 radical (unpaired) electrons. The van der Waals surface area contributed by atoms with Crippen LogP contribution in [0.1, 0.15) is 6.92 Å². The van der Waals surface area contributed by atoms with Gasteiger partial charge in [0, 0.05) is 36.0 Å². The molecule has 0 unspecified atom stereocenters. The Balaban J connectivity index is 2.37. The number of benzene rings is 1. The van der Waals surface area contributed by atoms with Crippen LogP contribution in [0.5, 0.6) is 0 Å². The van der Waals surface area contributed by atoms with Gasteiger partial charge in [-0.15, -0.1) is 0 Å². The lowest BCUT2D eigenvalue weighted by Gasteiger charge is -2.14. The van der Waals surface area contributed by atoms with E-state index in [1.165, 1.54) is 3.57 Å². The summed E-state index contributed by atoms with van der Waals surface area (Å²) in [6, 6.07) is 8.43. The first-order valence-corrected chi connectivity index (χ1v) is 6.70. The van der Waals surface area contributed by atoms with E-state index >= 15 is 0 Å². The van der Waals surface area contributed by atoms with Gasteiger partial charge in [0.25, 0.3) is 0 Å². The van der Waals surface area contributed by atoms with E-state index in [4.69, 9.17) is 0 Å². The van der Waals surface area contributed by atoms with Gasteiger partial charge in [0.15, 0.2) is 0 Å². The van der Waals surface area contributed by atoms with Crippen LogP contribution in [0.4, 0.5) is 5.95 Å². The summed E-state index contributed by atoms with van der Waals surface area (Å²) in [5.41, 5.74) is 2.19. The summed E-state index contributed by atoms with van der Waals surface area (Å²) in [6.07, 6.45) is 2.07. The summed E-state index contributed by atoms with van der Waals surface area (Å²) in [5, 5.41) is 0. The Morgan fingerprint density at radius 2 is 1.94 bits per heavy atom. The molecule has 0 atom stereocenters. The van der Waals surface area contributed by atoms with Crippen LogP contribution in [-0.4, -0.2) is 23.1 Å². The minimum atomic E-state index is 0.955. The number of hydrogen-bond acceptors (Lipinski definition) is 2. The minimum absolute atomic E-state index is 0.955. The molecule has 1 heterocycles. The lowest BCUT2D eigenvalue weighted by atomic mass is 10.2. The first-order chi connectivity index (χ1) is 8.11. The van der Waals surface area contributed by atoms with Crippen LogP contribution >= 0.6 is 22.6 Å². The third kappa shape index (κ3) is 2.62. The maximum Gasteiger partial charge on any atom is 0.205 e. The van der Waals surface area contributed by atoms with Gasteiger partial charge in [-0.05, 0) is 41.6 Å². The highest BCUT2D eigenvalue weighted by Gasteiger charge is 2.09. The van der Waals surface area contributed by atoms with Crippen LogP contribution in [0, 0.1) is 3.57 Å². The smallest absolute Gasteiger partial charge is 0.205 e. The monoisotopic (exact) mass is 341 g/mol. The summed E-state index contributed by atoms with van der Waals surface area (Å²) in [4.78, 5) is 6.80. The van der Waals surface area contributed by atoms with E-state index in [9.17, 15) is 0 Å². The van der Waals surface area contributed by atoms with Gasteiger partial charge in [-0.25, -0.2) is 4.98 Å². The quantitative estimate of drug-likeness (QED) is 0.800. The van der Waals surface area contributed by atoms with Crippen LogP contribution in [0.25, 0.3) is 11.3 Å². The Morgan fingerprint density at radius 3 is 2.53 bits per heavy atom. The predicted molar refractivity (Wildman–Crippen MR) is 80.3 cm³/mol. The Kier molecular flexibility index (Phi) is 3.71. The molecular weight excluding hydrogens is 325 g/mol. The molecule has 2 aromatic rings. The van der Waals surface area contributed by atoms with Crippen molar-refractivity contribution in [2.45, 2.75) is 6.92 Å². The second-order valence-electron chi connectivity index (χ2n) is 4.06. The second kappa shape index (κ2) is 5.08. The highest BCUT2D eigenvalue weighted by Crippen LogP contribution is 2.22. The van der Waals surface area contributed by atoms with Gasteiger partial charge in [-0.2, -0.15) is 0 Å². The van der Waals surface area contributed by atoms with Crippen LogP contribution in [0.2, 0.25) is 0 Å². The van der Waals surface area contributed by atoms with Gasteiger partial charge in [-0.1, -0.05) is 12.1 Å². The normalized spacial score (nSPS) is 10.6. The Bertz CT molecular complexity index is 502. The van der Waals surface area contributed by atoms with E-state index in [2.05, 4.69) is 81.5 Å². The van der Waals surface area contributed by atoms with Crippen molar-refractivity contribution >= 4 is 28.5 Å². The van der Waals surface area contributed by atoms with Crippen molar-refractivity contribution in [1.29, 1.82) is 0 Å². The molecule has 0 N–H and O–H groups in total. The molecule has 4 heteroatoms. The van der Waals surface area contributed by atoms with Crippen molar-refractivity contribution in [2.24, 2.45) is 7.05 Å². The lowest BCUT2D eigenvalue weighted by molar-refractivity contribution is 0.826. The van der Waals surface area contributed by atoms with Gasteiger partial charge >= 0.3 is 0 Å². The molecule has 0 amide bonds. The summed E-state index contributed by atoms with van der Waals surface area (Å²) in [5.74, 6) is 1.00. The average molecular weight is 341 g/mol. The summed E-state index contributed by atoms with van der Waals surface area (Å²) in [7, 11) is 4.09. The summed E-state index contributed by atoms with van der Waals surface area (Å²) in [6.45, 7) is 3.08. The number of halogens is 1. The Labute approximate surface area is 116 Å². The number of aryl methyl sites for hydroxylation is 1. The van der Waals surface area contributed by atoms with Crippen molar-refractivity contribution < 1.29 is 0 Å². The molecule has 3 nitrogen and oxygen atoms in total. The van der Waals surface area contributed by atoms with Crippen molar-refractivity contribution in [3.63, 3.8) is 0 Å². The van der Waals surface area contributed by atoms with Gasteiger partial charge in [0.1, 0.15) is 0 Å². The van der Waals surface area contributed by atoms with Gasteiger partial charge in [0.05, 0.1) is 5.69 Å².